The van der Waals surface area contributed by atoms with Crippen LogP contribution in [0.1, 0.15) is 36.7 Å². The van der Waals surface area contributed by atoms with Crippen LogP contribution >= 0.6 is 0 Å². The minimum Gasteiger partial charge on any atom is -0.322 e. The highest BCUT2D eigenvalue weighted by Gasteiger charge is 2.22. The number of benzene rings is 2. The van der Waals surface area contributed by atoms with Crippen molar-refractivity contribution >= 4 is 21.6 Å². The van der Waals surface area contributed by atoms with Crippen LogP contribution in [0.2, 0.25) is 0 Å². The second kappa shape index (κ2) is 6.75. The van der Waals surface area contributed by atoms with E-state index in [9.17, 15) is 13.2 Å². The zero-order valence-corrected chi connectivity index (χ0v) is 15.1. The molecule has 2 N–H and O–H groups in total. The Bertz CT molecular complexity index is 835. The summed E-state index contributed by atoms with van der Waals surface area (Å²) in [5.74, 6) is -0.355. The van der Waals surface area contributed by atoms with Crippen molar-refractivity contribution in [1.82, 2.24) is 4.72 Å². The number of anilines is 1. The minimum atomic E-state index is -3.68. The van der Waals surface area contributed by atoms with Gasteiger partial charge in [0.2, 0.25) is 10.0 Å². The average Bonchev–Trinajstić information content (AvgIpc) is 2.47. The van der Waals surface area contributed by atoms with Gasteiger partial charge < -0.3 is 5.32 Å². The Kier molecular flexibility index (Phi) is 5.11. The molecule has 0 heterocycles. The van der Waals surface area contributed by atoms with Crippen molar-refractivity contribution < 1.29 is 13.2 Å². The fourth-order valence-corrected chi connectivity index (χ4v) is 3.57. The van der Waals surface area contributed by atoms with Crippen molar-refractivity contribution in [2.45, 2.75) is 38.1 Å². The lowest BCUT2D eigenvalue weighted by atomic mass is 10.1. The Morgan fingerprint density at radius 1 is 1.00 bits per heavy atom. The molecule has 0 saturated carbocycles. The molecule has 1 amide bonds. The van der Waals surface area contributed by atoms with E-state index in [1.807, 2.05) is 19.1 Å². The third-order valence-corrected chi connectivity index (χ3v) is 4.91. The highest BCUT2D eigenvalue weighted by molar-refractivity contribution is 7.89. The van der Waals surface area contributed by atoms with Crippen LogP contribution in [0.4, 0.5) is 5.69 Å². The summed E-state index contributed by atoms with van der Waals surface area (Å²) in [5, 5.41) is 2.76. The van der Waals surface area contributed by atoms with E-state index in [1.165, 1.54) is 12.1 Å². The molecule has 0 aromatic heterocycles. The standard InChI is InChI=1S/C18H22N2O3S/c1-13-8-10-15(11-9-13)19-17(21)14-6-5-7-16(12-14)24(22,23)20-18(2,3)4/h5-12,20H,1-4H3,(H,19,21). The molecule has 6 heteroatoms. The number of carbonyl (C=O) groups excluding carboxylic acids is 1. The second-order valence-corrected chi connectivity index (χ2v) is 8.39. The van der Waals surface area contributed by atoms with Crippen LogP contribution in [0.5, 0.6) is 0 Å². The lowest BCUT2D eigenvalue weighted by Gasteiger charge is -2.20. The van der Waals surface area contributed by atoms with Gasteiger partial charge in [-0.3, -0.25) is 4.79 Å². The first-order chi connectivity index (χ1) is 11.1. The van der Waals surface area contributed by atoms with Gasteiger partial charge in [0.15, 0.2) is 0 Å². The van der Waals surface area contributed by atoms with Crippen LogP contribution in [0.25, 0.3) is 0 Å². The van der Waals surface area contributed by atoms with Crippen molar-refractivity contribution in [2.75, 3.05) is 5.32 Å². The fraction of sp³-hybridized carbons (Fsp3) is 0.278. The molecule has 128 valence electrons. The maximum Gasteiger partial charge on any atom is 0.255 e. The van der Waals surface area contributed by atoms with Gasteiger partial charge in [0.25, 0.3) is 5.91 Å². The van der Waals surface area contributed by atoms with Gasteiger partial charge in [-0.2, -0.15) is 0 Å². The van der Waals surface area contributed by atoms with Crippen LogP contribution in [0.3, 0.4) is 0 Å². The quantitative estimate of drug-likeness (QED) is 0.892. The molecule has 0 radical (unpaired) electrons. The van der Waals surface area contributed by atoms with E-state index in [4.69, 9.17) is 0 Å². The molecule has 0 spiro atoms. The molecule has 5 nitrogen and oxygen atoms in total. The highest BCUT2D eigenvalue weighted by atomic mass is 32.2. The van der Waals surface area contributed by atoms with Gasteiger partial charge in [0.05, 0.1) is 4.90 Å². The van der Waals surface area contributed by atoms with E-state index >= 15 is 0 Å². The molecular formula is C18H22N2O3S. The zero-order valence-electron chi connectivity index (χ0n) is 14.3. The molecule has 0 aliphatic carbocycles. The van der Waals surface area contributed by atoms with E-state index < -0.39 is 15.6 Å². The van der Waals surface area contributed by atoms with E-state index in [-0.39, 0.29) is 16.4 Å². The summed E-state index contributed by atoms with van der Waals surface area (Å²) in [5.41, 5.74) is 1.44. The Morgan fingerprint density at radius 2 is 1.62 bits per heavy atom. The van der Waals surface area contributed by atoms with Gasteiger partial charge in [-0.1, -0.05) is 23.8 Å². The van der Waals surface area contributed by atoms with Gasteiger partial charge >= 0.3 is 0 Å². The monoisotopic (exact) mass is 346 g/mol. The Labute approximate surface area is 143 Å². The van der Waals surface area contributed by atoms with Crippen molar-refractivity contribution in [3.63, 3.8) is 0 Å². The van der Waals surface area contributed by atoms with Crippen molar-refractivity contribution in [3.8, 4) is 0 Å². The fourth-order valence-electron chi connectivity index (χ4n) is 2.11. The van der Waals surface area contributed by atoms with Gasteiger partial charge in [0, 0.05) is 16.8 Å². The molecule has 0 bridgehead atoms. The number of carbonyl (C=O) groups is 1. The van der Waals surface area contributed by atoms with Crippen molar-refractivity contribution in [1.29, 1.82) is 0 Å². The predicted molar refractivity (Wildman–Crippen MR) is 95.6 cm³/mol. The normalized spacial score (nSPS) is 12.0. The molecule has 0 unspecified atom stereocenters. The highest BCUT2D eigenvalue weighted by Crippen LogP contribution is 2.16. The molecule has 24 heavy (non-hydrogen) atoms. The smallest absolute Gasteiger partial charge is 0.255 e. The largest absolute Gasteiger partial charge is 0.322 e. The van der Waals surface area contributed by atoms with E-state index in [0.29, 0.717) is 5.69 Å². The molecular weight excluding hydrogens is 324 g/mol. The summed E-state index contributed by atoms with van der Waals surface area (Å²) in [4.78, 5) is 12.4. The average molecular weight is 346 g/mol. The topological polar surface area (TPSA) is 75.3 Å². The molecule has 0 saturated heterocycles. The van der Waals surface area contributed by atoms with E-state index in [1.54, 1.807) is 45.0 Å². The number of aryl methyl sites for hydroxylation is 1. The van der Waals surface area contributed by atoms with Crippen molar-refractivity contribution in [3.05, 3.63) is 59.7 Å². The summed E-state index contributed by atoms with van der Waals surface area (Å²) < 4.78 is 27.3. The number of hydrogen-bond donors (Lipinski definition) is 2. The molecule has 2 aromatic carbocycles. The first-order valence-corrected chi connectivity index (χ1v) is 9.07. The summed E-state index contributed by atoms with van der Waals surface area (Å²) in [6.07, 6.45) is 0. The van der Waals surface area contributed by atoms with Crippen LogP contribution in [-0.4, -0.2) is 19.9 Å². The number of hydrogen-bond acceptors (Lipinski definition) is 3. The first kappa shape index (κ1) is 18.2. The van der Waals surface area contributed by atoms with Gasteiger partial charge in [-0.15, -0.1) is 0 Å². The summed E-state index contributed by atoms with van der Waals surface area (Å²) >= 11 is 0. The molecule has 2 aromatic rings. The molecule has 0 aliphatic rings. The third kappa shape index (κ3) is 4.91. The first-order valence-electron chi connectivity index (χ1n) is 7.59. The maximum absolute atomic E-state index is 12.4. The molecule has 2 rings (SSSR count). The lowest BCUT2D eigenvalue weighted by Crippen LogP contribution is -2.40. The molecule has 0 aliphatic heterocycles. The van der Waals surface area contributed by atoms with Crippen LogP contribution in [0.15, 0.2) is 53.4 Å². The van der Waals surface area contributed by atoms with Gasteiger partial charge in [0.1, 0.15) is 0 Å². The lowest BCUT2D eigenvalue weighted by molar-refractivity contribution is 0.102. The second-order valence-electron chi connectivity index (χ2n) is 6.70. The number of rotatable bonds is 4. The number of sulfonamides is 1. The Hall–Kier alpha value is -2.18. The Morgan fingerprint density at radius 3 is 2.21 bits per heavy atom. The third-order valence-electron chi connectivity index (χ3n) is 3.16. The minimum absolute atomic E-state index is 0.0639. The number of amides is 1. The molecule has 0 atom stereocenters. The van der Waals surface area contributed by atoms with Gasteiger partial charge in [-0.05, 0) is 58.0 Å². The van der Waals surface area contributed by atoms with Gasteiger partial charge in [-0.25, -0.2) is 13.1 Å². The van der Waals surface area contributed by atoms with Crippen LogP contribution in [-0.2, 0) is 10.0 Å². The predicted octanol–water partition coefficient (Wildman–Crippen LogP) is 3.32. The SMILES string of the molecule is Cc1ccc(NC(=O)c2cccc(S(=O)(=O)NC(C)(C)C)c2)cc1. The summed E-state index contributed by atoms with van der Waals surface area (Å²) in [6, 6.07) is 13.4. The van der Waals surface area contributed by atoms with Crippen LogP contribution in [0, 0.1) is 6.92 Å². The van der Waals surface area contributed by atoms with E-state index in [2.05, 4.69) is 10.0 Å². The Balaban J connectivity index is 2.23. The van der Waals surface area contributed by atoms with Crippen molar-refractivity contribution in [2.24, 2.45) is 0 Å². The number of nitrogens with one attached hydrogen (secondary N) is 2. The van der Waals surface area contributed by atoms with Crippen LogP contribution < -0.4 is 10.0 Å². The zero-order chi connectivity index (χ0) is 18.0. The maximum atomic E-state index is 12.4. The summed E-state index contributed by atoms with van der Waals surface area (Å²) in [7, 11) is -3.68. The molecule has 0 fully saturated rings. The summed E-state index contributed by atoms with van der Waals surface area (Å²) in [6.45, 7) is 7.25. The van der Waals surface area contributed by atoms with E-state index in [0.717, 1.165) is 5.56 Å².